The predicted molar refractivity (Wildman–Crippen MR) is 77.0 cm³/mol. The van der Waals surface area contributed by atoms with Crippen molar-refractivity contribution in [2.75, 3.05) is 46.6 Å². The van der Waals surface area contributed by atoms with Crippen molar-refractivity contribution in [3.63, 3.8) is 0 Å². The third-order valence-corrected chi connectivity index (χ3v) is 3.10. The molecule has 10 nitrogen and oxygen atoms in total. The van der Waals surface area contributed by atoms with Gasteiger partial charge < -0.3 is 19.7 Å². The van der Waals surface area contributed by atoms with Crippen molar-refractivity contribution in [2.24, 2.45) is 0 Å². The third-order valence-electron chi connectivity index (χ3n) is 3.10. The van der Waals surface area contributed by atoms with Gasteiger partial charge in [0.05, 0.1) is 19.8 Å². The second-order valence-electron chi connectivity index (χ2n) is 4.48. The summed E-state index contributed by atoms with van der Waals surface area (Å²) < 4.78 is 9.90. The number of carbonyl (C=O) groups is 3. The number of urea groups is 2. The number of ether oxygens (including phenoxy) is 2. The number of hydrogen-bond acceptors (Lipinski definition) is 7. The highest BCUT2D eigenvalue weighted by Crippen LogP contribution is 2.19. The Morgan fingerprint density at radius 2 is 1.70 bits per heavy atom. The van der Waals surface area contributed by atoms with Crippen LogP contribution < -0.4 is 0 Å². The molecule has 0 saturated carbocycles. The number of methoxy groups -OCH3 is 1. The standard InChI is InChI=1S/C13H21N3O7/c1-3-10(19)23-9-6-14-11(20)15(4-7-17)13(22-2)16(5-8-18)12(14)21/h3,13,17-18H,1,4-9H2,2H3. The molecule has 2 N–H and O–H groups in total. The van der Waals surface area contributed by atoms with E-state index in [0.717, 1.165) is 20.8 Å². The number of aliphatic hydroxyl groups excluding tert-OH is 2. The van der Waals surface area contributed by atoms with Gasteiger partial charge >= 0.3 is 18.0 Å². The number of esters is 1. The monoisotopic (exact) mass is 331 g/mol. The molecule has 1 fully saturated rings. The van der Waals surface area contributed by atoms with Gasteiger partial charge in [-0.2, -0.15) is 0 Å². The van der Waals surface area contributed by atoms with E-state index >= 15 is 0 Å². The molecule has 23 heavy (non-hydrogen) atoms. The van der Waals surface area contributed by atoms with Crippen molar-refractivity contribution >= 4 is 18.0 Å². The number of aliphatic hydroxyl groups is 2. The Bertz CT molecular complexity index is 431. The molecule has 0 unspecified atom stereocenters. The molecule has 0 aromatic heterocycles. The summed E-state index contributed by atoms with van der Waals surface area (Å²) in [7, 11) is 1.31. The number of nitrogens with zero attached hydrogens (tertiary/aromatic N) is 3. The first-order valence-electron chi connectivity index (χ1n) is 6.94. The van der Waals surface area contributed by atoms with Crippen LogP contribution in [-0.2, 0) is 14.3 Å². The maximum atomic E-state index is 12.4. The molecule has 0 aromatic carbocycles. The number of β-amino-alcohol motifs (C(OH)–C–C–N with tert-alkyl or cyclic N) is 2. The lowest BCUT2D eigenvalue weighted by atomic mass is 10.4. The SMILES string of the molecule is C=CC(=O)OCCN1C(=O)N(CCO)C(OC)N(CCO)C1=O. The first-order valence-corrected chi connectivity index (χ1v) is 6.94. The maximum absolute atomic E-state index is 12.4. The third kappa shape index (κ3) is 4.41. The molecule has 1 saturated heterocycles. The van der Waals surface area contributed by atoms with E-state index in [1.165, 1.54) is 7.11 Å². The average molecular weight is 331 g/mol. The average Bonchev–Trinajstić information content (AvgIpc) is 2.55. The van der Waals surface area contributed by atoms with Crippen molar-refractivity contribution < 1.29 is 34.1 Å². The number of carbonyl (C=O) groups excluding carboxylic acids is 3. The molecule has 1 aliphatic heterocycles. The molecule has 0 radical (unpaired) electrons. The van der Waals surface area contributed by atoms with Gasteiger partial charge in [0.15, 0.2) is 0 Å². The molecule has 1 aliphatic rings. The lowest BCUT2D eigenvalue weighted by Gasteiger charge is -2.45. The Labute approximate surface area is 133 Å². The van der Waals surface area contributed by atoms with E-state index in [9.17, 15) is 14.4 Å². The molecule has 0 spiro atoms. The zero-order valence-electron chi connectivity index (χ0n) is 12.9. The normalized spacial score (nSPS) is 16.0. The van der Waals surface area contributed by atoms with Crippen LogP contribution in [0, 0.1) is 0 Å². The van der Waals surface area contributed by atoms with Crippen LogP contribution in [0.1, 0.15) is 0 Å². The molecule has 1 rings (SSSR count). The maximum Gasteiger partial charge on any atom is 0.331 e. The first kappa shape index (κ1) is 18.9. The molecular weight excluding hydrogens is 310 g/mol. The zero-order valence-corrected chi connectivity index (χ0v) is 12.9. The molecule has 4 amide bonds. The quantitative estimate of drug-likeness (QED) is 0.402. The van der Waals surface area contributed by atoms with Crippen molar-refractivity contribution in [1.82, 2.24) is 14.7 Å². The second kappa shape index (κ2) is 9.08. The van der Waals surface area contributed by atoms with E-state index in [4.69, 9.17) is 19.7 Å². The number of rotatable bonds is 9. The Morgan fingerprint density at radius 1 is 1.17 bits per heavy atom. The zero-order chi connectivity index (χ0) is 17.4. The van der Waals surface area contributed by atoms with E-state index in [1.807, 2.05) is 0 Å². The summed E-state index contributed by atoms with van der Waals surface area (Å²) in [5, 5.41) is 18.2. The minimum Gasteiger partial charge on any atom is -0.461 e. The molecule has 1 heterocycles. The fourth-order valence-electron chi connectivity index (χ4n) is 2.12. The van der Waals surface area contributed by atoms with Gasteiger partial charge in [-0.1, -0.05) is 6.58 Å². The number of hydrogen-bond donors (Lipinski definition) is 2. The minimum absolute atomic E-state index is 0.0600. The fraction of sp³-hybridized carbons (Fsp3) is 0.615. The van der Waals surface area contributed by atoms with Crippen molar-refractivity contribution in [3.05, 3.63) is 12.7 Å². The molecule has 0 bridgehead atoms. The van der Waals surface area contributed by atoms with Crippen LogP contribution in [-0.4, -0.2) is 95.9 Å². The smallest absolute Gasteiger partial charge is 0.331 e. The van der Waals surface area contributed by atoms with E-state index < -0.39 is 24.4 Å². The fourth-order valence-corrected chi connectivity index (χ4v) is 2.12. The highest BCUT2D eigenvalue weighted by atomic mass is 16.5. The van der Waals surface area contributed by atoms with Gasteiger partial charge in [0.25, 0.3) is 0 Å². The van der Waals surface area contributed by atoms with Crippen LogP contribution >= 0.6 is 0 Å². The molecular formula is C13H21N3O7. The van der Waals surface area contributed by atoms with E-state index in [1.54, 1.807) is 0 Å². The van der Waals surface area contributed by atoms with Gasteiger partial charge in [-0.3, -0.25) is 9.80 Å². The minimum atomic E-state index is -1.03. The Balaban J connectivity index is 2.90. The number of amides is 4. The molecule has 0 aromatic rings. The second-order valence-corrected chi connectivity index (χ2v) is 4.48. The predicted octanol–water partition coefficient (Wildman–Crippen LogP) is -1.21. The summed E-state index contributed by atoms with van der Waals surface area (Å²) in [4.78, 5) is 38.9. The lowest BCUT2D eigenvalue weighted by molar-refractivity contribution is -0.139. The Morgan fingerprint density at radius 3 is 2.09 bits per heavy atom. The van der Waals surface area contributed by atoms with E-state index in [-0.39, 0.29) is 39.5 Å². The summed E-state index contributed by atoms with van der Waals surface area (Å²) in [5.41, 5.74) is 0. The largest absolute Gasteiger partial charge is 0.461 e. The van der Waals surface area contributed by atoms with Crippen LogP contribution in [0.2, 0.25) is 0 Å². The van der Waals surface area contributed by atoms with Gasteiger partial charge in [-0.25, -0.2) is 19.3 Å². The summed E-state index contributed by atoms with van der Waals surface area (Å²) in [5.74, 6) is -0.670. The summed E-state index contributed by atoms with van der Waals surface area (Å²) in [6.45, 7) is 2.10. The lowest BCUT2D eigenvalue weighted by Crippen LogP contribution is -2.67. The van der Waals surface area contributed by atoms with Crippen LogP contribution in [0.5, 0.6) is 0 Å². The summed E-state index contributed by atoms with van der Waals surface area (Å²) in [6, 6.07) is -1.36. The van der Waals surface area contributed by atoms with Gasteiger partial charge in [-0.05, 0) is 0 Å². The van der Waals surface area contributed by atoms with Gasteiger partial charge in [-0.15, -0.1) is 0 Å². The van der Waals surface area contributed by atoms with Crippen LogP contribution in [0.15, 0.2) is 12.7 Å². The van der Waals surface area contributed by atoms with Crippen molar-refractivity contribution in [2.45, 2.75) is 6.35 Å². The molecule has 0 atom stereocenters. The highest BCUT2D eigenvalue weighted by Gasteiger charge is 2.43. The Kier molecular flexibility index (Phi) is 7.45. The van der Waals surface area contributed by atoms with Crippen LogP contribution in [0.4, 0.5) is 9.59 Å². The molecule has 0 aliphatic carbocycles. The van der Waals surface area contributed by atoms with Crippen molar-refractivity contribution in [1.29, 1.82) is 0 Å². The number of imide groups is 1. The van der Waals surface area contributed by atoms with Crippen molar-refractivity contribution in [3.8, 4) is 0 Å². The topological polar surface area (TPSA) is 120 Å². The summed E-state index contributed by atoms with van der Waals surface area (Å²) in [6.07, 6.45) is -0.0574. The Hall–Kier alpha value is -2.17. The van der Waals surface area contributed by atoms with Gasteiger partial charge in [0.2, 0.25) is 6.35 Å². The summed E-state index contributed by atoms with van der Waals surface area (Å²) >= 11 is 0. The highest BCUT2D eigenvalue weighted by molar-refractivity contribution is 5.96. The first-order chi connectivity index (χ1) is 11.0. The van der Waals surface area contributed by atoms with E-state index in [0.29, 0.717) is 0 Å². The van der Waals surface area contributed by atoms with Gasteiger partial charge in [0, 0.05) is 26.3 Å². The molecule has 10 heteroatoms. The van der Waals surface area contributed by atoms with Gasteiger partial charge in [0.1, 0.15) is 6.61 Å². The molecule has 130 valence electrons. The van der Waals surface area contributed by atoms with E-state index in [2.05, 4.69) is 6.58 Å². The van der Waals surface area contributed by atoms with Crippen LogP contribution in [0.25, 0.3) is 0 Å². The van der Waals surface area contributed by atoms with Crippen LogP contribution in [0.3, 0.4) is 0 Å².